The SMILES string of the molecule is CCc1ccccc1N(CC)N=O. The van der Waals surface area contributed by atoms with Crippen LogP contribution < -0.4 is 5.01 Å². The summed E-state index contributed by atoms with van der Waals surface area (Å²) in [5.74, 6) is 0. The largest absolute Gasteiger partial charge is 0.229 e. The number of benzene rings is 1. The Morgan fingerprint density at radius 2 is 2.00 bits per heavy atom. The van der Waals surface area contributed by atoms with Gasteiger partial charge in [-0.2, -0.15) is 0 Å². The zero-order valence-corrected chi connectivity index (χ0v) is 8.03. The summed E-state index contributed by atoms with van der Waals surface area (Å²) >= 11 is 0. The highest BCUT2D eigenvalue weighted by Crippen LogP contribution is 2.20. The van der Waals surface area contributed by atoms with Crippen LogP contribution in [-0.2, 0) is 6.42 Å². The lowest BCUT2D eigenvalue weighted by molar-refractivity contribution is 0.873. The van der Waals surface area contributed by atoms with Crippen LogP contribution in [0.15, 0.2) is 29.6 Å². The summed E-state index contributed by atoms with van der Waals surface area (Å²) < 4.78 is 0. The Bertz CT molecular complexity index is 286. The lowest BCUT2D eigenvalue weighted by atomic mass is 10.1. The third kappa shape index (κ3) is 2.05. The number of aryl methyl sites for hydroxylation is 1. The van der Waals surface area contributed by atoms with Gasteiger partial charge in [-0.05, 0) is 25.0 Å². The maximum atomic E-state index is 10.5. The van der Waals surface area contributed by atoms with Gasteiger partial charge in [-0.3, -0.25) is 0 Å². The molecule has 0 aliphatic rings. The van der Waals surface area contributed by atoms with Gasteiger partial charge < -0.3 is 0 Å². The molecule has 0 fully saturated rings. The summed E-state index contributed by atoms with van der Waals surface area (Å²) in [6.45, 7) is 4.59. The van der Waals surface area contributed by atoms with Crippen LogP contribution in [0.1, 0.15) is 19.4 Å². The van der Waals surface area contributed by atoms with E-state index in [1.165, 1.54) is 5.01 Å². The molecule has 0 saturated heterocycles. The average molecular weight is 178 g/mol. The maximum Gasteiger partial charge on any atom is 0.0657 e. The smallest absolute Gasteiger partial charge is 0.0657 e. The van der Waals surface area contributed by atoms with Crippen molar-refractivity contribution in [2.75, 3.05) is 11.6 Å². The van der Waals surface area contributed by atoms with Gasteiger partial charge in [0.1, 0.15) is 0 Å². The molecule has 1 rings (SSSR count). The zero-order chi connectivity index (χ0) is 9.68. The van der Waals surface area contributed by atoms with Crippen molar-refractivity contribution in [3.8, 4) is 0 Å². The second kappa shape index (κ2) is 4.60. The van der Waals surface area contributed by atoms with Crippen molar-refractivity contribution < 1.29 is 0 Å². The summed E-state index contributed by atoms with van der Waals surface area (Å²) in [7, 11) is 0. The van der Waals surface area contributed by atoms with E-state index in [-0.39, 0.29) is 0 Å². The average Bonchev–Trinajstić information content (AvgIpc) is 2.20. The minimum absolute atomic E-state index is 0.612. The topological polar surface area (TPSA) is 32.7 Å². The molecule has 0 spiro atoms. The molecule has 3 heteroatoms. The summed E-state index contributed by atoms with van der Waals surface area (Å²) in [4.78, 5) is 10.5. The van der Waals surface area contributed by atoms with Gasteiger partial charge in [-0.15, -0.1) is 4.91 Å². The van der Waals surface area contributed by atoms with Crippen LogP contribution in [0.4, 0.5) is 5.69 Å². The maximum absolute atomic E-state index is 10.5. The first kappa shape index (κ1) is 9.71. The van der Waals surface area contributed by atoms with Crippen LogP contribution in [0.3, 0.4) is 0 Å². The number of hydrogen-bond donors (Lipinski definition) is 0. The number of hydrogen-bond acceptors (Lipinski definition) is 2. The molecule has 13 heavy (non-hydrogen) atoms. The summed E-state index contributed by atoms with van der Waals surface area (Å²) in [6, 6.07) is 7.83. The van der Waals surface area contributed by atoms with E-state index in [1.54, 1.807) is 0 Å². The van der Waals surface area contributed by atoms with Gasteiger partial charge in [-0.1, -0.05) is 25.1 Å². The third-order valence-electron chi connectivity index (χ3n) is 2.05. The van der Waals surface area contributed by atoms with Crippen molar-refractivity contribution in [1.82, 2.24) is 0 Å². The van der Waals surface area contributed by atoms with Crippen LogP contribution in [0.25, 0.3) is 0 Å². The van der Waals surface area contributed by atoms with Crippen molar-refractivity contribution in [2.45, 2.75) is 20.3 Å². The van der Waals surface area contributed by atoms with Crippen molar-refractivity contribution in [2.24, 2.45) is 5.29 Å². The van der Waals surface area contributed by atoms with Crippen LogP contribution >= 0.6 is 0 Å². The third-order valence-corrected chi connectivity index (χ3v) is 2.05. The van der Waals surface area contributed by atoms with E-state index in [4.69, 9.17) is 0 Å². The Balaban J connectivity index is 3.03. The number of rotatable bonds is 4. The van der Waals surface area contributed by atoms with Crippen molar-refractivity contribution in [1.29, 1.82) is 0 Å². The molecule has 0 heterocycles. The Morgan fingerprint density at radius 1 is 1.31 bits per heavy atom. The fourth-order valence-electron chi connectivity index (χ4n) is 1.33. The summed E-state index contributed by atoms with van der Waals surface area (Å²) in [5.41, 5.74) is 2.08. The molecule has 0 atom stereocenters. The molecule has 70 valence electrons. The van der Waals surface area contributed by atoms with E-state index in [9.17, 15) is 4.91 Å². The molecule has 0 aliphatic carbocycles. The Labute approximate surface area is 78.3 Å². The van der Waals surface area contributed by atoms with E-state index in [2.05, 4.69) is 12.2 Å². The molecule has 0 aromatic heterocycles. The first-order chi connectivity index (χ1) is 6.33. The van der Waals surface area contributed by atoms with Gasteiger partial charge in [0.15, 0.2) is 0 Å². The molecule has 0 saturated carbocycles. The van der Waals surface area contributed by atoms with Gasteiger partial charge in [0, 0.05) is 6.54 Å². The monoisotopic (exact) mass is 178 g/mol. The molecular weight excluding hydrogens is 164 g/mol. The van der Waals surface area contributed by atoms with Crippen molar-refractivity contribution >= 4 is 5.69 Å². The zero-order valence-electron chi connectivity index (χ0n) is 8.03. The molecule has 0 radical (unpaired) electrons. The minimum Gasteiger partial charge on any atom is -0.229 e. The number of anilines is 1. The predicted molar refractivity (Wildman–Crippen MR) is 54.6 cm³/mol. The van der Waals surface area contributed by atoms with Gasteiger partial charge in [-0.25, -0.2) is 5.01 Å². The van der Waals surface area contributed by atoms with Crippen LogP contribution in [-0.4, -0.2) is 6.54 Å². The Kier molecular flexibility index (Phi) is 3.43. The summed E-state index contributed by atoms with van der Waals surface area (Å²) in [5, 5.41) is 4.44. The fourth-order valence-corrected chi connectivity index (χ4v) is 1.33. The minimum atomic E-state index is 0.612. The number of para-hydroxylation sites is 1. The lowest BCUT2D eigenvalue weighted by Crippen LogP contribution is -2.15. The second-order valence-electron chi connectivity index (χ2n) is 2.78. The first-order valence-electron chi connectivity index (χ1n) is 4.52. The Morgan fingerprint density at radius 3 is 2.54 bits per heavy atom. The van der Waals surface area contributed by atoms with Crippen molar-refractivity contribution in [3.63, 3.8) is 0 Å². The quantitative estimate of drug-likeness (QED) is 0.524. The normalized spacial score (nSPS) is 9.69. The highest BCUT2D eigenvalue weighted by atomic mass is 16.3. The van der Waals surface area contributed by atoms with Gasteiger partial charge in [0.2, 0.25) is 0 Å². The van der Waals surface area contributed by atoms with Crippen molar-refractivity contribution in [3.05, 3.63) is 34.7 Å². The fraction of sp³-hybridized carbons (Fsp3) is 0.400. The van der Waals surface area contributed by atoms with Gasteiger partial charge >= 0.3 is 0 Å². The van der Waals surface area contributed by atoms with Crippen LogP contribution in [0.5, 0.6) is 0 Å². The first-order valence-corrected chi connectivity index (χ1v) is 4.52. The number of nitrogens with zero attached hydrogens (tertiary/aromatic N) is 2. The molecular formula is C10H14N2O. The second-order valence-corrected chi connectivity index (χ2v) is 2.78. The molecule has 1 aromatic rings. The highest BCUT2D eigenvalue weighted by molar-refractivity contribution is 5.52. The Hall–Kier alpha value is -1.38. The molecule has 3 nitrogen and oxygen atoms in total. The van der Waals surface area contributed by atoms with E-state index in [0.717, 1.165) is 17.7 Å². The van der Waals surface area contributed by atoms with E-state index in [0.29, 0.717) is 6.54 Å². The van der Waals surface area contributed by atoms with Crippen LogP contribution in [0, 0.1) is 4.91 Å². The lowest BCUT2D eigenvalue weighted by Gasteiger charge is -2.15. The van der Waals surface area contributed by atoms with E-state index in [1.807, 2.05) is 31.2 Å². The molecule has 0 bridgehead atoms. The molecule has 0 unspecified atom stereocenters. The molecule has 0 aliphatic heterocycles. The van der Waals surface area contributed by atoms with Gasteiger partial charge in [0.25, 0.3) is 0 Å². The van der Waals surface area contributed by atoms with E-state index >= 15 is 0 Å². The predicted octanol–water partition coefficient (Wildman–Crippen LogP) is 2.76. The molecule has 0 N–H and O–H groups in total. The molecule has 1 aromatic carbocycles. The van der Waals surface area contributed by atoms with Gasteiger partial charge in [0.05, 0.1) is 11.0 Å². The van der Waals surface area contributed by atoms with Crippen LogP contribution in [0.2, 0.25) is 0 Å². The number of nitroso groups, excluding NO2 is 1. The molecule has 0 amide bonds. The summed E-state index contributed by atoms with van der Waals surface area (Å²) in [6.07, 6.45) is 0.919. The standard InChI is InChI=1S/C10H14N2O/c1-3-9-7-5-6-8-10(9)12(4-2)11-13/h5-8H,3-4H2,1-2H3. The highest BCUT2D eigenvalue weighted by Gasteiger charge is 2.06. The van der Waals surface area contributed by atoms with E-state index < -0.39 is 0 Å².